The Morgan fingerprint density at radius 1 is 1.22 bits per heavy atom. The van der Waals surface area contributed by atoms with E-state index in [1.807, 2.05) is 12.1 Å². The van der Waals surface area contributed by atoms with Crippen molar-refractivity contribution in [2.24, 2.45) is 0 Å². The zero-order valence-corrected chi connectivity index (χ0v) is 16.5. The summed E-state index contributed by atoms with van der Waals surface area (Å²) in [4.78, 5) is 15.0. The second kappa shape index (κ2) is 6.73. The molecule has 0 fully saturated rings. The van der Waals surface area contributed by atoms with Crippen molar-refractivity contribution in [3.05, 3.63) is 45.9 Å². The number of fused-ring (bicyclic) bond motifs is 2. The Hall–Kier alpha value is -2.25. The summed E-state index contributed by atoms with van der Waals surface area (Å²) < 4.78 is 11.2. The zero-order chi connectivity index (χ0) is 19.2. The van der Waals surface area contributed by atoms with E-state index in [-0.39, 0.29) is 18.1 Å². The summed E-state index contributed by atoms with van der Waals surface area (Å²) in [7, 11) is 0. The van der Waals surface area contributed by atoms with Gasteiger partial charge in [0, 0.05) is 28.2 Å². The molecule has 2 aliphatic rings. The number of aliphatic hydroxyl groups is 1. The quantitative estimate of drug-likeness (QED) is 0.703. The lowest BCUT2D eigenvalue weighted by Crippen LogP contribution is -2.41. The van der Waals surface area contributed by atoms with E-state index < -0.39 is 11.5 Å². The number of hydrogen-bond acceptors (Lipinski definition) is 5. The molecule has 27 heavy (non-hydrogen) atoms. The molecule has 1 atom stereocenters. The highest BCUT2D eigenvalue weighted by molar-refractivity contribution is 9.10. The van der Waals surface area contributed by atoms with Gasteiger partial charge in [-0.3, -0.25) is 4.79 Å². The van der Waals surface area contributed by atoms with Crippen LogP contribution in [0.3, 0.4) is 0 Å². The van der Waals surface area contributed by atoms with E-state index in [1.54, 1.807) is 11.0 Å². The van der Waals surface area contributed by atoms with Crippen LogP contribution in [0.25, 0.3) is 0 Å². The van der Waals surface area contributed by atoms with Crippen molar-refractivity contribution in [1.29, 1.82) is 0 Å². The number of halogens is 1. The molecule has 0 radical (unpaired) electrons. The fourth-order valence-corrected chi connectivity index (χ4v) is 4.36. The molecule has 2 aliphatic heterocycles. The SMILES string of the molecule is CCCCCN1C(=O)C(O)(c2cc3c(cc2O)OCO3)c2c(Br)cccc21. The third-order valence-corrected chi connectivity index (χ3v) is 5.73. The number of carbonyl (C=O) groups is 1. The van der Waals surface area contributed by atoms with Gasteiger partial charge in [-0.25, -0.2) is 0 Å². The molecule has 142 valence electrons. The van der Waals surface area contributed by atoms with Gasteiger partial charge in [-0.05, 0) is 24.6 Å². The standard InChI is InChI=1S/C20H20BrNO5/c1-2-3-4-8-22-14-7-5-6-13(21)18(14)20(25,19(22)24)12-9-16-17(10-15(12)23)27-11-26-16/h5-7,9-10,23,25H,2-4,8,11H2,1H3. The van der Waals surface area contributed by atoms with E-state index in [2.05, 4.69) is 22.9 Å². The van der Waals surface area contributed by atoms with E-state index in [0.29, 0.717) is 33.8 Å². The van der Waals surface area contributed by atoms with Crippen LogP contribution >= 0.6 is 15.9 Å². The molecular formula is C20H20BrNO5. The normalized spacial score (nSPS) is 20.3. The first-order chi connectivity index (χ1) is 13.0. The number of aromatic hydroxyl groups is 1. The van der Waals surface area contributed by atoms with Gasteiger partial charge in [0.25, 0.3) is 5.91 Å². The van der Waals surface area contributed by atoms with Crippen molar-refractivity contribution in [1.82, 2.24) is 0 Å². The van der Waals surface area contributed by atoms with Crippen molar-refractivity contribution >= 4 is 27.5 Å². The van der Waals surface area contributed by atoms with Crippen molar-refractivity contribution in [2.75, 3.05) is 18.2 Å². The maximum absolute atomic E-state index is 13.4. The Morgan fingerprint density at radius 3 is 2.70 bits per heavy atom. The van der Waals surface area contributed by atoms with Crippen LogP contribution in [0, 0.1) is 0 Å². The topological polar surface area (TPSA) is 79.2 Å². The van der Waals surface area contributed by atoms with Crippen LogP contribution in [0.2, 0.25) is 0 Å². The number of benzene rings is 2. The van der Waals surface area contributed by atoms with Gasteiger partial charge in [-0.15, -0.1) is 0 Å². The number of phenols is 1. The smallest absolute Gasteiger partial charge is 0.268 e. The van der Waals surface area contributed by atoms with E-state index >= 15 is 0 Å². The average molecular weight is 434 g/mol. The van der Waals surface area contributed by atoms with Crippen molar-refractivity contribution in [3.63, 3.8) is 0 Å². The minimum Gasteiger partial charge on any atom is -0.507 e. The predicted octanol–water partition coefficient (Wildman–Crippen LogP) is 3.66. The maximum Gasteiger partial charge on any atom is 0.268 e. The first kappa shape index (κ1) is 18.1. The Labute approximate surface area is 165 Å². The molecule has 0 aromatic heterocycles. The van der Waals surface area contributed by atoms with Gasteiger partial charge < -0.3 is 24.6 Å². The highest BCUT2D eigenvalue weighted by atomic mass is 79.9. The number of carbonyl (C=O) groups excluding carboxylic acids is 1. The van der Waals surface area contributed by atoms with Crippen LogP contribution in [0.15, 0.2) is 34.8 Å². The minimum absolute atomic E-state index is 0.0357. The molecule has 7 heteroatoms. The lowest BCUT2D eigenvalue weighted by atomic mass is 9.86. The lowest BCUT2D eigenvalue weighted by Gasteiger charge is -2.25. The fourth-order valence-electron chi connectivity index (χ4n) is 3.72. The first-order valence-corrected chi connectivity index (χ1v) is 9.74. The van der Waals surface area contributed by atoms with Gasteiger partial charge in [-0.2, -0.15) is 0 Å². The van der Waals surface area contributed by atoms with Gasteiger partial charge in [0.05, 0.1) is 5.69 Å². The molecule has 0 saturated heterocycles. The van der Waals surface area contributed by atoms with Crippen LogP contribution in [0.4, 0.5) is 5.69 Å². The van der Waals surface area contributed by atoms with E-state index in [4.69, 9.17) is 9.47 Å². The molecule has 1 amide bonds. The minimum atomic E-state index is -2.01. The Balaban J connectivity index is 1.86. The summed E-state index contributed by atoms with van der Waals surface area (Å²) >= 11 is 3.47. The number of phenolic OH excluding ortho intramolecular Hbond substituents is 1. The van der Waals surface area contributed by atoms with Crippen molar-refractivity contribution in [2.45, 2.75) is 31.8 Å². The number of unbranched alkanes of at least 4 members (excludes halogenated alkanes) is 2. The molecular weight excluding hydrogens is 414 g/mol. The highest BCUT2D eigenvalue weighted by Crippen LogP contribution is 2.52. The Bertz CT molecular complexity index is 915. The summed E-state index contributed by atoms with van der Waals surface area (Å²) in [6.45, 7) is 2.63. The lowest BCUT2D eigenvalue weighted by molar-refractivity contribution is -0.132. The van der Waals surface area contributed by atoms with Crippen molar-refractivity contribution < 1.29 is 24.5 Å². The molecule has 1 unspecified atom stereocenters. The maximum atomic E-state index is 13.4. The first-order valence-electron chi connectivity index (χ1n) is 8.95. The zero-order valence-electron chi connectivity index (χ0n) is 14.9. The largest absolute Gasteiger partial charge is 0.507 e. The van der Waals surface area contributed by atoms with Gasteiger partial charge in [0.15, 0.2) is 11.5 Å². The summed E-state index contributed by atoms with van der Waals surface area (Å²) in [6, 6.07) is 8.27. The van der Waals surface area contributed by atoms with Gasteiger partial charge >= 0.3 is 0 Å². The molecule has 2 heterocycles. The molecule has 0 saturated carbocycles. The number of hydrogen-bond donors (Lipinski definition) is 2. The summed E-state index contributed by atoms with van der Waals surface area (Å²) in [5.41, 5.74) is -0.846. The van der Waals surface area contributed by atoms with Crippen LogP contribution in [0.1, 0.15) is 37.3 Å². The molecule has 2 N–H and O–H groups in total. The summed E-state index contributed by atoms with van der Waals surface area (Å²) in [5, 5.41) is 22.2. The summed E-state index contributed by atoms with van der Waals surface area (Å²) in [6.07, 6.45) is 2.85. The second-order valence-electron chi connectivity index (χ2n) is 6.73. The molecule has 2 aromatic carbocycles. The van der Waals surface area contributed by atoms with Crippen LogP contribution in [0.5, 0.6) is 17.2 Å². The molecule has 6 nitrogen and oxygen atoms in total. The van der Waals surface area contributed by atoms with Crippen LogP contribution in [-0.2, 0) is 10.4 Å². The number of anilines is 1. The van der Waals surface area contributed by atoms with Gasteiger partial charge in [0.2, 0.25) is 12.4 Å². The Morgan fingerprint density at radius 2 is 1.96 bits per heavy atom. The third kappa shape index (κ3) is 2.68. The number of rotatable bonds is 5. The second-order valence-corrected chi connectivity index (χ2v) is 7.59. The Kier molecular flexibility index (Phi) is 4.52. The molecule has 4 rings (SSSR count). The predicted molar refractivity (Wildman–Crippen MR) is 103 cm³/mol. The molecule has 0 aliphatic carbocycles. The molecule has 0 spiro atoms. The van der Waals surface area contributed by atoms with E-state index in [0.717, 1.165) is 19.3 Å². The number of nitrogens with zero attached hydrogens (tertiary/aromatic N) is 1. The average Bonchev–Trinajstić information content (AvgIpc) is 3.18. The van der Waals surface area contributed by atoms with E-state index in [1.165, 1.54) is 12.1 Å². The highest BCUT2D eigenvalue weighted by Gasteiger charge is 2.53. The monoisotopic (exact) mass is 433 g/mol. The number of amides is 1. The van der Waals surface area contributed by atoms with Gasteiger partial charge in [0.1, 0.15) is 5.75 Å². The van der Waals surface area contributed by atoms with E-state index in [9.17, 15) is 15.0 Å². The molecule has 0 bridgehead atoms. The van der Waals surface area contributed by atoms with Crippen LogP contribution < -0.4 is 14.4 Å². The molecule has 2 aromatic rings. The third-order valence-electron chi connectivity index (χ3n) is 5.06. The fraction of sp³-hybridized carbons (Fsp3) is 0.350. The van der Waals surface area contributed by atoms with Gasteiger partial charge in [-0.1, -0.05) is 41.8 Å². The van der Waals surface area contributed by atoms with Crippen molar-refractivity contribution in [3.8, 4) is 17.2 Å². The van der Waals surface area contributed by atoms with Crippen LogP contribution in [-0.4, -0.2) is 29.5 Å². The summed E-state index contributed by atoms with van der Waals surface area (Å²) in [5.74, 6) is 0.0846. The number of ether oxygens (including phenoxy) is 2.